The molecule has 0 spiro atoms. The second kappa shape index (κ2) is 6.94. The number of hydrogen-bond donors (Lipinski definition) is 1. The van der Waals surface area contributed by atoms with Crippen LogP contribution in [0, 0.1) is 6.92 Å². The summed E-state index contributed by atoms with van der Waals surface area (Å²) in [6.07, 6.45) is -7.00. The van der Waals surface area contributed by atoms with Gasteiger partial charge in [-0.25, -0.2) is 4.98 Å². The lowest BCUT2D eigenvalue weighted by atomic mass is 10.0. The third kappa shape index (κ3) is 3.54. The quantitative estimate of drug-likeness (QED) is 0.627. The highest BCUT2D eigenvalue weighted by molar-refractivity contribution is 7.16. The molecular formula is C15H9F9N2OS. The van der Waals surface area contributed by atoms with Gasteiger partial charge in [-0.05, 0) is 6.92 Å². The van der Waals surface area contributed by atoms with Gasteiger partial charge in [-0.15, -0.1) is 11.3 Å². The van der Waals surface area contributed by atoms with Crippen LogP contribution in [0.25, 0.3) is 11.3 Å². The molecule has 3 nitrogen and oxygen atoms in total. The highest BCUT2D eigenvalue weighted by Crippen LogP contribution is 2.53. The normalized spacial score (nSPS) is 13.5. The minimum absolute atomic E-state index is 0.177. The molecule has 0 saturated heterocycles. The van der Waals surface area contributed by atoms with Gasteiger partial charge < -0.3 is 0 Å². The first-order valence-electron chi connectivity index (χ1n) is 7.17. The van der Waals surface area contributed by atoms with Crippen LogP contribution < -0.4 is 5.32 Å². The highest BCUT2D eigenvalue weighted by Gasteiger charge is 2.83. The molecule has 0 bridgehead atoms. The maximum atomic E-state index is 13.6. The molecule has 2 aromatic rings. The molecule has 1 aromatic carbocycles. The van der Waals surface area contributed by atoms with Crippen LogP contribution >= 0.6 is 11.3 Å². The second-order valence-corrected chi connectivity index (χ2v) is 6.67. The van der Waals surface area contributed by atoms with Crippen LogP contribution in [0.1, 0.15) is 4.88 Å². The van der Waals surface area contributed by atoms with Crippen LogP contribution in [0.4, 0.5) is 44.6 Å². The first kappa shape index (κ1) is 22.0. The maximum absolute atomic E-state index is 13.6. The number of aromatic nitrogens is 1. The molecule has 154 valence electrons. The number of nitrogens with one attached hydrogen (secondary N) is 1. The largest absolute Gasteiger partial charge is 0.460 e. The van der Waals surface area contributed by atoms with E-state index in [0.29, 0.717) is 21.8 Å². The number of alkyl halides is 9. The molecule has 0 atom stereocenters. The highest BCUT2D eigenvalue weighted by atomic mass is 32.1. The number of carbonyl (C=O) groups is 1. The summed E-state index contributed by atoms with van der Waals surface area (Å²) in [5.41, 5.74) is 0.647. The Balaban J connectivity index is 2.32. The van der Waals surface area contributed by atoms with E-state index < -0.39 is 35.0 Å². The first-order chi connectivity index (χ1) is 12.6. The van der Waals surface area contributed by atoms with Gasteiger partial charge in [-0.1, -0.05) is 30.3 Å². The molecule has 0 aliphatic rings. The molecule has 1 heterocycles. The van der Waals surface area contributed by atoms with Crippen LogP contribution in [0.5, 0.6) is 0 Å². The summed E-state index contributed by atoms with van der Waals surface area (Å²) in [5, 5.41) is 0.507. The fraction of sp³-hybridized carbons (Fsp3) is 0.333. The third-order valence-electron chi connectivity index (χ3n) is 3.49. The van der Waals surface area contributed by atoms with Gasteiger partial charge in [0.15, 0.2) is 5.13 Å². The van der Waals surface area contributed by atoms with E-state index in [0.717, 1.165) is 0 Å². The van der Waals surface area contributed by atoms with Crippen LogP contribution in [0.15, 0.2) is 30.3 Å². The van der Waals surface area contributed by atoms with Crippen molar-refractivity contribution in [3.63, 3.8) is 0 Å². The maximum Gasteiger partial charge on any atom is 0.460 e. The van der Waals surface area contributed by atoms with Crippen molar-refractivity contribution in [3.05, 3.63) is 35.2 Å². The standard InChI is InChI=1S/C15H9F9N2OS/c1-7-9(8-5-3-2-4-6-8)25-11(28-7)26-10(27)12(16,17)13(18,19)14(20,21)15(22,23)24/h2-6H,1H3,(H,25,26,27). The van der Waals surface area contributed by atoms with Crippen LogP contribution in [0.3, 0.4) is 0 Å². The number of halogens is 9. The van der Waals surface area contributed by atoms with E-state index in [9.17, 15) is 44.3 Å². The number of carbonyl (C=O) groups excluding carboxylic acids is 1. The number of nitrogens with zero attached hydrogens (tertiary/aromatic N) is 1. The monoisotopic (exact) mass is 436 g/mol. The molecular weight excluding hydrogens is 427 g/mol. The summed E-state index contributed by atoms with van der Waals surface area (Å²) in [6.45, 7) is 1.44. The van der Waals surface area contributed by atoms with Crippen molar-refractivity contribution in [2.24, 2.45) is 0 Å². The summed E-state index contributed by atoms with van der Waals surface area (Å²) >= 11 is 0.546. The second-order valence-electron chi connectivity index (χ2n) is 5.46. The topological polar surface area (TPSA) is 42.0 Å². The predicted molar refractivity (Wildman–Crippen MR) is 81.8 cm³/mol. The molecule has 0 unspecified atom stereocenters. The van der Waals surface area contributed by atoms with Crippen LogP contribution in [-0.4, -0.2) is 34.8 Å². The Morgan fingerprint density at radius 2 is 1.46 bits per heavy atom. The van der Waals surface area contributed by atoms with Crippen LogP contribution in [-0.2, 0) is 4.79 Å². The zero-order chi connectivity index (χ0) is 21.5. The molecule has 0 fully saturated rings. The van der Waals surface area contributed by atoms with Gasteiger partial charge in [0, 0.05) is 10.4 Å². The Morgan fingerprint density at radius 3 is 1.96 bits per heavy atom. The number of aryl methyl sites for hydroxylation is 1. The fourth-order valence-corrected chi connectivity index (χ4v) is 2.84. The van der Waals surface area contributed by atoms with Gasteiger partial charge in [0.2, 0.25) is 0 Å². The molecule has 1 amide bonds. The average Bonchev–Trinajstić information content (AvgIpc) is 2.94. The van der Waals surface area contributed by atoms with Gasteiger partial charge in [0.1, 0.15) is 0 Å². The Morgan fingerprint density at radius 1 is 0.929 bits per heavy atom. The summed E-state index contributed by atoms with van der Waals surface area (Å²) in [4.78, 5) is 15.5. The molecule has 0 radical (unpaired) electrons. The zero-order valence-electron chi connectivity index (χ0n) is 13.6. The van der Waals surface area contributed by atoms with Gasteiger partial charge in [0.25, 0.3) is 0 Å². The van der Waals surface area contributed by atoms with Crippen LogP contribution in [0.2, 0.25) is 0 Å². The van der Waals surface area contributed by atoms with Crippen molar-refractivity contribution in [3.8, 4) is 11.3 Å². The van der Waals surface area contributed by atoms with E-state index in [4.69, 9.17) is 0 Å². The molecule has 0 aliphatic heterocycles. The summed E-state index contributed by atoms with van der Waals surface area (Å²) in [6, 6.07) is 7.96. The minimum atomic E-state index is -7.14. The van der Waals surface area contributed by atoms with Crippen molar-refractivity contribution >= 4 is 22.4 Å². The smallest absolute Gasteiger partial charge is 0.296 e. The van der Waals surface area contributed by atoms with E-state index >= 15 is 0 Å². The summed E-state index contributed by atoms with van der Waals surface area (Å²) in [5.74, 6) is -23.6. The van der Waals surface area contributed by atoms with Crippen molar-refractivity contribution in [2.45, 2.75) is 30.9 Å². The molecule has 2 rings (SSSR count). The average molecular weight is 436 g/mol. The van der Waals surface area contributed by atoms with Crippen molar-refractivity contribution in [1.82, 2.24) is 4.98 Å². The minimum Gasteiger partial charge on any atom is -0.296 e. The zero-order valence-corrected chi connectivity index (χ0v) is 14.4. The lowest BCUT2D eigenvalue weighted by Crippen LogP contribution is -2.64. The van der Waals surface area contributed by atoms with E-state index in [1.54, 1.807) is 30.3 Å². The number of rotatable bonds is 5. The Kier molecular flexibility index (Phi) is 5.45. The Hall–Kier alpha value is -2.31. The predicted octanol–water partition coefficient (Wildman–Crippen LogP) is 5.53. The number of amides is 1. The Bertz CT molecular complexity index is 862. The molecule has 13 heteroatoms. The number of anilines is 1. The number of benzene rings is 1. The molecule has 28 heavy (non-hydrogen) atoms. The van der Waals surface area contributed by atoms with Crippen molar-refractivity contribution < 1.29 is 44.3 Å². The van der Waals surface area contributed by atoms with E-state index in [1.807, 2.05) is 0 Å². The fourth-order valence-electron chi connectivity index (χ4n) is 2.01. The third-order valence-corrected chi connectivity index (χ3v) is 4.38. The lowest BCUT2D eigenvalue weighted by Gasteiger charge is -2.32. The molecule has 0 saturated carbocycles. The summed E-state index contributed by atoms with van der Waals surface area (Å²) < 4.78 is 116. The van der Waals surface area contributed by atoms with Crippen molar-refractivity contribution in [1.29, 1.82) is 0 Å². The first-order valence-corrected chi connectivity index (χ1v) is 7.99. The molecule has 0 aliphatic carbocycles. The van der Waals surface area contributed by atoms with E-state index in [1.165, 1.54) is 12.2 Å². The Labute approximate surface area is 155 Å². The SMILES string of the molecule is Cc1sc(NC(=O)C(F)(F)C(F)(F)C(F)(F)C(F)(F)F)nc1-c1ccccc1. The van der Waals surface area contributed by atoms with Gasteiger partial charge in [0.05, 0.1) is 5.69 Å². The molecule has 1 N–H and O–H groups in total. The summed E-state index contributed by atoms with van der Waals surface area (Å²) in [7, 11) is 0. The van der Waals surface area contributed by atoms with Crippen molar-refractivity contribution in [2.75, 3.05) is 5.32 Å². The van der Waals surface area contributed by atoms with Gasteiger partial charge in [-0.3, -0.25) is 10.1 Å². The van der Waals surface area contributed by atoms with Gasteiger partial charge >= 0.3 is 29.9 Å². The molecule has 1 aromatic heterocycles. The van der Waals surface area contributed by atoms with E-state index in [2.05, 4.69) is 4.98 Å². The number of thiazole rings is 1. The lowest BCUT2D eigenvalue weighted by molar-refractivity contribution is -0.388. The number of hydrogen-bond acceptors (Lipinski definition) is 3. The van der Waals surface area contributed by atoms with Gasteiger partial charge in [-0.2, -0.15) is 39.5 Å². The van der Waals surface area contributed by atoms with E-state index in [-0.39, 0.29) is 5.69 Å².